The van der Waals surface area contributed by atoms with E-state index in [1.807, 2.05) is 33.7 Å². The maximum atomic E-state index is 12.9. The van der Waals surface area contributed by atoms with Gasteiger partial charge in [0, 0.05) is 29.4 Å². The quantitative estimate of drug-likeness (QED) is 0.780. The van der Waals surface area contributed by atoms with Crippen molar-refractivity contribution in [1.82, 2.24) is 19.7 Å². The Morgan fingerprint density at radius 1 is 1.20 bits per heavy atom. The van der Waals surface area contributed by atoms with Crippen LogP contribution in [0.4, 0.5) is 0 Å². The molecule has 0 radical (unpaired) electrons. The van der Waals surface area contributed by atoms with Crippen LogP contribution in [0.15, 0.2) is 35.3 Å². The Bertz CT molecular complexity index is 993. The summed E-state index contributed by atoms with van der Waals surface area (Å²) in [4.78, 5) is 27.2. The first-order chi connectivity index (χ1) is 12.0. The minimum absolute atomic E-state index is 0.0669. The van der Waals surface area contributed by atoms with Gasteiger partial charge in [-0.05, 0) is 24.3 Å². The lowest BCUT2D eigenvalue weighted by atomic mass is 9.92. The highest BCUT2D eigenvalue weighted by atomic mass is 16.2. The van der Waals surface area contributed by atoms with E-state index < -0.39 is 0 Å². The molecule has 1 amide bonds. The van der Waals surface area contributed by atoms with Crippen LogP contribution in [0.2, 0.25) is 0 Å². The maximum absolute atomic E-state index is 12.9. The van der Waals surface area contributed by atoms with E-state index in [4.69, 9.17) is 0 Å². The number of nitrogens with one attached hydrogen (secondary N) is 1. The minimum atomic E-state index is -0.262. The first kappa shape index (κ1) is 15.9. The van der Waals surface area contributed by atoms with Crippen LogP contribution in [0.25, 0.3) is 21.8 Å². The topological polar surface area (TPSA) is 71.0 Å². The molecule has 0 saturated carbocycles. The lowest BCUT2D eigenvalue weighted by Gasteiger charge is -2.35. The van der Waals surface area contributed by atoms with Gasteiger partial charge in [-0.25, -0.2) is 5.10 Å². The van der Waals surface area contributed by atoms with E-state index in [0.29, 0.717) is 17.4 Å². The number of H-pyrrole nitrogens is 1. The molecule has 2 atom stereocenters. The number of carbonyl (C=O) groups is 1. The number of benzene rings is 1. The van der Waals surface area contributed by atoms with Crippen molar-refractivity contribution in [2.24, 2.45) is 11.8 Å². The van der Waals surface area contributed by atoms with E-state index in [1.54, 1.807) is 6.20 Å². The molecule has 0 aliphatic carbocycles. The molecule has 6 heteroatoms. The third kappa shape index (κ3) is 2.71. The van der Waals surface area contributed by atoms with Crippen LogP contribution in [-0.2, 0) is 11.3 Å². The lowest BCUT2D eigenvalue weighted by Crippen LogP contribution is -2.44. The van der Waals surface area contributed by atoms with Gasteiger partial charge < -0.3 is 9.47 Å². The van der Waals surface area contributed by atoms with Crippen molar-refractivity contribution in [3.63, 3.8) is 0 Å². The number of rotatable bonds is 2. The molecule has 0 spiro atoms. The largest absolute Gasteiger partial charge is 0.341 e. The molecule has 4 rings (SSSR count). The summed E-state index contributed by atoms with van der Waals surface area (Å²) in [7, 11) is 0. The van der Waals surface area contributed by atoms with Crippen LogP contribution in [0.3, 0.4) is 0 Å². The molecule has 3 heterocycles. The minimum Gasteiger partial charge on any atom is -0.341 e. The third-order valence-corrected chi connectivity index (χ3v) is 5.10. The average Bonchev–Trinajstić information content (AvgIpc) is 2.90. The van der Waals surface area contributed by atoms with E-state index in [2.05, 4.69) is 24.0 Å². The number of hydrogen-bond acceptors (Lipinski definition) is 3. The van der Waals surface area contributed by atoms with Crippen LogP contribution < -0.4 is 5.56 Å². The zero-order valence-corrected chi connectivity index (χ0v) is 14.5. The monoisotopic (exact) mass is 338 g/mol. The number of hydrogen-bond donors (Lipinski definition) is 1. The summed E-state index contributed by atoms with van der Waals surface area (Å²) in [6.07, 6.45) is 2.82. The Balaban J connectivity index is 1.78. The molecule has 0 bridgehead atoms. The summed E-state index contributed by atoms with van der Waals surface area (Å²) in [5.41, 5.74) is 1.15. The highest BCUT2D eigenvalue weighted by Crippen LogP contribution is 2.27. The van der Waals surface area contributed by atoms with Crippen molar-refractivity contribution >= 4 is 27.7 Å². The Labute approximate surface area is 145 Å². The SMILES string of the molecule is C[C@@H]1C[C@H](C)CN(C(=O)Cn2c3ccccc3c3cn[nH]c(=O)c32)C1. The number of nitrogens with zero attached hydrogens (tertiary/aromatic N) is 3. The Hall–Kier alpha value is -2.63. The van der Waals surface area contributed by atoms with E-state index in [1.165, 1.54) is 0 Å². The van der Waals surface area contributed by atoms with Gasteiger partial charge in [-0.15, -0.1) is 0 Å². The van der Waals surface area contributed by atoms with Crippen LogP contribution in [-0.4, -0.2) is 38.7 Å². The van der Waals surface area contributed by atoms with Gasteiger partial charge in [0.25, 0.3) is 5.56 Å². The molecule has 130 valence electrons. The van der Waals surface area contributed by atoms with Gasteiger partial charge in [0.05, 0.1) is 6.20 Å². The predicted octanol–water partition coefficient (Wildman–Crippen LogP) is 2.38. The molecule has 1 fully saturated rings. The number of amides is 1. The maximum Gasteiger partial charge on any atom is 0.288 e. The summed E-state index contributed by atoms with van der Waals surface area (Å²) in [6.45, 7) is 6.13. The average molecular weight is 338 g/mol. The number of para-hydroxylation sites is 1. The molecule has 0 unspecified atom stereocenters. The van der Waals surface area contributed by atoms with Gasteiger partial charge in [-0.1, -0.05) is 32.0 Å². The highest BCUT2D eigenvalue weighted by molar-refractivity contribution is 6.07. The second-order valence-electron chi connectivity index (χ2n) is 7.31. The number of carbonyl (C=O) groups excluding carboxylic acids is 1. The van der Waals surface area contributed by atoms with Crippen molar-refractivity contribution in [2.75, 3.05) is 13.1 Å². The second kappa shape index (κ2) is 6.02. The summed E-state index contributed by atoms with van der Waals surface area (Å²) < 4.78 is 1.83. The molecule has 1 aromatic carbocycles. The first-order valence-electron chi connectivity index (χ1n) is 8.77. The van der Waals surface area contributed by atoms with E-state index >= 15 is 0 Å². The zero-order valence-electron chi connectivity index (χ0n) is 14.5. The van der Waals surface area contributed by atoms with Crippen molar-refractivity contribution in [3.05, 3.63) is 40.8 Å². The molecule has 3 aromatic rings. The van der Waals surface area contributed by atoms with Crippen molar-refractivity contribution < 1.29 is 4.79 Å². The standard InChI is InChI=1S/C19H22N4O2/c1-12-7-13(2)10-22(9-12)17(24)11-23-16-6-4-3-5-14(16)15-8-20-21-19(25)18(15)23/h3-6,8,12-13H,7,9-11H2,1-2H3,(H,21,25)/t12-,13+. The fourth-order valence-electron chi connectivity index (χ4n) is 4.18. The molecule has 1 N–H and O–H groups in total. The fourth-order valence-corrected chi connectivity index (χ4v) is 4.18. The molecule has 2 aromatic heterocycles. The highest BCUT2D eigenvalue weighted by Gasteiger charge is 2.26. The number of piperidine rings is 1. The first-order valence-corrected chi connectivity index (χ1v) is 8.77. The molecule has 1 aliphatic rings. The van der Waals surface area contributed by atoms with Gasteiger partial charge >= 0.3 is 0 Å². The molecule has 1 aliphatic heterocycles. The van der Waals surface area contributed by atoms with Gasteiger partial charge in [-0.3, -0.25) is 9.59 Å². The van der Waals surface area contributed by atoms with Gasteiger partial charge in [-0.2, -0.15) is 5.10 Å². The van der Waals surface area contributed by atoms with E-state index in [9.17, 15) is 9.59 Å². The van der Waals surface area contributed by atoms with Gasteiger partial charge in [0.1, 0.15) is 12.1 Å². The van der Waals surface area contributed by atoms with Crippen molar-refractivity contribution in [1.29, 1.82) is 0 Å². The Morgan fingerprint density at radius 3 is 2.68 bits per heavy atom. The number of fused-ring (bicyclic) bond motifs is 3. The van der Waals surface area contributed by atoms with Gasteiger partial charge in [0.2, 0.25) is 5.91 Å². The molecular weight excluding hydrogens is 316 g/mol. The van der Waals surface area contributed by atoms with Crippen LogP contribution in [0.1, 0.15) is 20.3 Å². The van der Waals surface area contributed by atoms with E-state index in [-0.39, 0.29) is 18.0 Å². The normalized spacial score (nSPS) is 21.1. The predicted molar refractivity (Wildman–Crippen MR) is 97.4 cm³/mol. The third-order valence-electron chi connectivity index (χ3n) is 5.10. The summed E-state index contributed by atoms with van der Waals surface area (Å²) >= 11 is 0. The second-order valence-corrected chi connectivity index (χ2v) is 7.31. The lowest BCUT2D eigenvalue weighted by molar-refractivity contribution is -0.134. The number of likely N-dealkylation sites (tertiary alicyclic amines) is 1. The van der Waals surface area contributed by atoms with Crippen molar-refractivity contribution in [2.45, 2.75) is 26.8 Å². The summed E-state index contributed by atoms with van der Waals surface area (Å²) in [5.74, 6) is 1.09. The van der Waals surface area contributed by atoms with Crippen LogP contribution in [0, 0.1) is 11.8 Å². The number of aromatic amines is 1. The fraction of sp³-hybridized carbons (Fsp3) is 0.421. The smallest absolute Gasteiger partial charge is 0.288 e. The summed E-state index contributed by atoms with van der Waals surface area (Å²) in [5, 5.41) is 8.14. The zero-order chi connectivity index (χ0) is 17.6. The Kier molecular flexibility index (Phi) is 3.82. The van der Waals surface area contributed by atoms with Crippen LogP contribution >= 0.6 is 0 Å². The number of aromatic nitrogens is 3. The van der Waals surface area contributed by atoms with Gasteiger partial charge in [0.15, 0.2) is 0 Å². The van der Waals surface area contributed by atoms with E-state index in [0.717, 1.165) is 35.8 Å². The molecular formula is C19H22N4O2. The Morgan fingerprint density at radius 2 is 1.92 bits per heavy atom. The summed E-state index contributed by atoms with van der Waals surface area (Å²) in [6, 6.07) is 7.77. The molecule has 25 heavy (non-hydrogen) atoms. The van der Waals surface area contributed by atoms with Crippen molar-refractivity contribution in [3.8, 4) is 0 Å². The molecule has 1 saturated heterocycles. The van der Waals surface area contributed by atoms with Crippen LogP contribution in [0.5, 0.6) is 0 Å². The molecule has 6 nitrogen and oxygen atoms in total.